The number of aliphatic carboxylic acids is 1. The van der Waals surface area contributed by atoms with Gasteiger partial charge in [-0.2, -0.15) is 13.2 Å². The predicted octanol–water partition coefficient (Wildman–Crippen LogP) is 2.09. The third kappa shape index (κ3) is 2.70. The molecule has 0 aromatic heterocycles. The van der Waals surface area contributed by atoms with E-state index in [-0.39, 0.29) is 13.0 Å². The van der Waals surface area contributed by atoms with Gasteiger partial charge in [-0.15, -0.1) is 0 Å². The molecule has 1 fully saturated rings. The van der Waals surface area contributed by atoms with Crippen molar-refractivity contribution in [3.8, 4) is 5.75 Å². The minimum absolute atomic E-state index is 0.0256. The first-order chi connectivity index (χ1) is 9.81. The summed E-state index contributed by atoms with van der Waals surface area (Å²) < 4.78 is 44.9. The van der Waals surface area contributed by atoms with Crippen LogP contribution in [0.4, 0.5) is 13.2 Å². The van der Waals surface area contributed by atoms with Crippen molar-refractivity contribution in [3.63, 3.8) is 0 Å². The number of ether oxygens (including phenoxy) is 1. The van der Waals surface area contributed by atoms with E-state index in [0.29, 0.717) is 11.3 Å². The van der Waals surface area contributed by atoms with Crippen molar-refractivity contribution < 1.29 is 27.8 Å². The van der Waals surface area contributed by atoms with Crippen LogP contribution in [0.15, 0.2) is 24.3 Å². The van der Waals surface area contributed by atoms with Gasteiger partial charge >= 0.3 is 12.1 Å². The third-order valence-corrected chi connectivity index (χ3v) is 4.02. The molecule has 0 saturated carbocycles. The van der Waals surface area contributed by atoms with Gasteiger partial charge in [0.1, 0.15) is 5.75 Å². The van der Waals surface area contributed by atoms with Crippen molar-refractivity contribution in [2.24, 2.45) is 11.3 Å². The van der Waals surface area contributed by atoms with Crippen molar-refractivity contribution in [1.82, 2.24) is 5.32 Å². The van der Waals surface area contributed by atoms with E-state index >= 15 is 0 Å². The quantitative estimate of drug-likeness (QED) is 0.894. The van der Waals surface area contributed by atoms with Crippen LogP contribution in [0, 0.1) is 11.3 Å². The maximum Gasteiger partial charge on any atom is 0.406 e. The summed E-state index contributed by atoms with van der Waals surface area (Å²) in [5, 5.41) is 11.7. The molecule has 21 heavy (non-hydrogen) atoms. The minimum Gasteiger partial charge on any atom is -0.497 e. The van der Waals surface area contributed by atoms with E-state index in [0.717, 1.165) is 0 Å². The summed E-state index contributed by atoms with van der Waals surface area (Å²) in [6.07, 6.45) is -4.75. The van der Waals surface area contributed by atoms with E-state index in [4.69, 9.17) is 9.84 Å². The second kappa shape index (κ2) is 5.55. The topological polar surface area (TPSA) is 58.6 Å². The maximum atomic E-state index is 13.3. The van der Waals surface area contributed by atoms with Crippen LogP contribution < -0.4 is 10.1 Å². The number of benzene rings is 1. The monoisotopic (exact) mass is 303 g/mol. The lowest BCUT2D eigenvalue weighted by atomic mass is 9.74. The van der Waals surface area contributed by atoms with E-state index in [9.17, 15) is 18.0 Å². The van der Waals surface area contributed by atoms with Crippen molar-refractivity contribution in [1.29, 1.82) is 0 Å². The average molecular weight is 303 g/mol. The Labute approximate surface area is 119 Å². The number of carbonyl (C=O) groups is 1. The van der Waals surface area contributed by atoms with E-state index in [1.165, 1.54) is 7.11 Å². The fourth-order valence-corrected chi connectivity index (χ4v) is 2.76. The first kappa shape index (κ1) is 15.6. The molecule has 0 radical (unpaired) electrons. The largest absolute Gasteiger partial charge is 0.497 e. The fourth-order valence-electron chi connectivity index (χ4n) is 2.76. The zero-order valence-electron chi connectivity index (χ0n) is 11.4. The van der Waals surface area contributed by atoms with Crippen molar-refractivity contribution in [2.45, 2.75) is 12.6 Å². The number of hydrogen-bond acceptors (Lipinski definition) is 3. The molecule has 0 aliphatic carbocycles. The first-order valence-electron chi connectivity index (χ1n) is 6.45. The number of carboxylic acid groups (broad SMARTS) is 1. The standard InChI is InChI=1S/C14H16F3NO3/c1-21-11-4-2-9(3-5-11)6-10-7-18-8-13(10,12(19)20)14(15,16)17/h2-5,10,18H,6-8H2,1H3,(H,19,20)/t10-,13+/m1/s1. The summed E-state index contributed by atoms with van der Waals surface area (Å²) in [5.41, 5.74) is -2.08. The number of alkyl halides is 3. The van der Waals surface area contributed by atoms with Crippen LogP contribution in [-0.4, -0.2) is 37.5 Å². The molecule has 0 amide bonds. The second-order valence-electron chi connectivity index (χ2n) is 5.15. The van der Waals surface area contributed by atoms with E-state index in [2.05, 4.69) is 5.32 Å². The highest BCUT2D eigenvalue weighted by Crippen LogP contribution is 2.47. The van der Waals surface area contributed by atoms with Crippen molar-refractivity contribution in [3.05, 3.63) is 29.8 Å². The summed E-state index contributed by atoms with van der Waals surface area (Å²) in [6.45, 7) is -0.565. The molecule has 1 aromatic carbocycles. The van der Waals surface area contributed by atoms with Gasteiger partial charge in [0.15, 0.2) is 5.41 Å². The van der Waals surface area contributed by atoms with Crippen LogP contribution in [-0.2, 0) is 11.2 Å². The van der Waals surface area contributed by atoms with Gasteiger partial charge in [0, 0.05) is 12.5 Å². The van der Waals surface area contributed by atoms with Gasteiger partial charge in [0.25, 0.3) is 0 Å². The Balaban J connectivity index is 2.26. The van der Waals surface area contributed by atoms with Crippen LogP contribution in [0.5, 0.6) is 5.75 Å². The molecule has 0 spiro atoms. The van der Waals surface area contributed by atoms with Crippen LogP contribution in [0.3, 0.4) is 0 Å². The van der Waals surface area contributed by atoms with Crippen LogP contribution in [0.1, 0.15) is 5.56 Å². The predicted molar refractivity (Wildman–Crippen MR) is 69.2 cm³/mol. The van der Waals surface area contributed by atoms with E-state index in [1.54, 1.807) is 24.3 Å². The molecule has 2 atom stereocenters. The number of nitrogens with one attached hydrogen (secondary N) is 1. The Kier molecular flexibility index (Phi) is 4.13. The molecular weight excluding hydrogens is 287 g/mol. The highest BCUT2D eigenvalue weighted by atomic mass is 19.4. The molecule has 4 nitrogen and oxygen atoms in total. The molecule has 0 bridgehead atoms. The molecule has 1 aliphatic heterocycles. The van der Waals surface area contributed by atoms with Gasteiger partial charge in [0.2, 0.25) is 0 Å². The van der Waals surface area contributed by atoms with Crippen molar-refractivity contribution in [2.75, 3.05) is 20.2 Å². The van der Waals surface area contributed by atoms with Gasteiger partial charge in [0.05, 0.1) is 7.11 Å². The SMILES string of the molecule is COc1ccc(C[C@@H]2CNC[C@]2(C(=O)O)C(F)(F)F)cc1. The Morgan fingerprint density at radius 3 is 2.52 bits per heavy atom. The lowest BCUT2D eigenvalue weighted by molar-refractivity contribution is -0.236. The molecule has 1 saturated heterocycles. The summed E-state index contributed by atoms with van der Waals surface area (Å²) >= 11 is 0. The fraction of sp³-hybridized carbons (Fsp3) is 0.500. The zero-order chi connectivity index (χ0) is 15.7. The van der Waals surface area contributed by atoms with Crippen LogP contribution in [0.25, 0.3) is 0 Å². The molecule has 7 heteroatoms. The van der Waals surface area contributed by atoms with Crippen LogP contribution >= 0.6 is 0 Å². The number of carboxylic acids is 1. The maximum absolute atomic E-state index is 13.3. The summed E-state index contributed by atoms with van der Waals surface area (Å²) in [7, 11) is 1.50. The Bertz CT molecular complexity index is 515. The van der Waals surface area contributed by atoms with Crippen molar-refractivity contribution >= 4 is 5.97 Å². The number of rotatable bonds is 4. The summed E-state index contributed by atoms with van der Waals surface area (Å²) in [6, 6.07) is 6.60. The number of hydrogen-bond donors (Lipinski definition) is 2. The number of methoxy groups -OCH3 is 1. The molecule has 0 unspecified atom stereocenters. The zero-order valence-corrected chi connectivity index (χ0v) is 11.4. The Hall–Kier alpha value is -1.76. The first-order valence-corrected chi connectivity index (χ1v) is 6.45. The average Bonchev–Trinajstić information content (AvgIpc) is 2.84. The highest BCUT2D eigenvalue weighted by Gasteiger charge is 2.66. The molecule has 2 N–H and O–H groups in total. The molecule has 1 heterocycles. The van der Waals surface area contributed by atoms with Gasteiger partial charge in [-0.05, 0) is 30.7 Å². The molecular formula is C14H16F3NO3. The summed E-state index contributed by atoms with van der Waals surface area (Å²) in [5.74, 6) is -2.26. The van der Waals surface area contributed by atoms with E-state index < -0.39 is 30.0 Å². The smallest absolute Gasteiger partial charge is 0.406 e. The van der Waals surface area contributed by atoms with Gasteiger partial charge in [-0.25, -0.2) is 0 Å². The van der Waals surface area contributed by atoms with E-state index in [1.807, 2.05) is 0 Å². The number of halogens is 3. The van der Waals surface area contributed by atoms with Gasteiger partial charge in [-0.3, -0.25) is 4.79 Å². The molecule has 116 valence electrons. The minimum atomic E-state index is -4.79. The van der Waals surface area contributed by atoms with Crippen LogP contribution in [0.2, 0.25) is 0 Å². The Morgan fingerprint density at radius 1 is 1.43 bits per heavy atom. The molecule has 1 aromatic rings. The lowest BCUT2D eigenvalue weighted by Gasteiger charge is -2.32. The molecule has 2 rings (SSSR count). The Morgan fingerprint density at radius 2 is 2.05 bits per heavy atom. The van der Waals surface area contributed by atoms with Gasteiger partial charge < -0.3 is 15.2 Å². The normalized spacial score (nSPS) is 25.8. The second-order valence-corrected chi connectivity index (χ2v) is 5.15. The summed E-state index contributed by atoms with van der Waals surface area (Å²) in [4.78, 5) is 11.3. The molecule has 1 aliphatic rings. The highest BCUT2D eigenvalue weighted by molar-refractivity contribution is 5.77. The van der Waals surface area contributed by atoms with Gasteiger partial charge in [-0.1, -0.05) is 12.1 Å². The lowest BCUT2D eigenvalue weighted by Crippen LogP contribution is -2.51. The third-order valence-electron chi connectivity index (χ3n) is 4.02.